The summed E-state index contributed by atoms with van der Waals surface area (Å²) < 4.78 is 0. The number of carbonyl (C=O) groups excluding carboxylic acids is 1. The summed E-state index contributed by atoms with van der Waals surface area (Å²) in [4.78, 5) is 25.1. The number of amides is 1. The van der Waals surface area contributed by atoms with Crippen molar-refractivity contribution in [2.75, 3.05) is 35.2 Å². The fourth-order valence-electron chi connectivity index (χ4n) is 3.39. The van der Waals surface area contributed by atoms with Crippen LogP contribution in [-0.4, -0.2) is 35.5 Å². The van der Waals surface area contributed by atoms with Gasteiger partial charge in [0.05, 0.1) is 0 Å². The first-order valence-corrected chi connectivity index (χ1v) is 8.84. The van der Waals surface area contributed by atoms with Crippen LogP contribution >= 0.6 is 0 Å². The van der Waals surface area contributed by atoms with Crippen molar-refractivity contribution in [2.24, 2.45) is 5.92 Å². The van der Waals surface area contributed by atoms with Crippen LogP contribution in [0.25, 0.3) is 0 Å². The zero-order valence-corrected chi connectivity index (χ0v) is 14.9. The molecule has 1 fully saturated rings. The normalized spacial score (nSPS) is 17.1. The van der Waals surface area contributed by atoms with Crippen molar-refractivity contribution >= 4 is 23.4 Å². The minimum Gasteiger partial charge on any atom is -0.368 e. The number of hydrogen-bond donors (Lipinski definition) is 1. The third-order valence-electron chi connectivity index (χ3n) is 4.64. The second-order valence-electron chi connectivity index (χ2n) is 6.36. The highest BCUT2D eigenvalue weighted by molar-refractivity contribution is 5.95. The molecule has 2 aromatic rings. The zero-order chi connectivity index (χ0) is 17.8. The summed E-state index contributed by atoms with van der Waals surface area (Å²) in [7, 11) is 0. The summed E-state index contributed by atoms with van der Waals surface area (Å²) in [5.74, 6) is 1.56. The van der Waals surface area contributed by atoms with Crippen LogP contribution in [0.2, 0.25) is 0 Å². The lowest BCUT2D eigenvalue weighted by Gasteiger charge is -2.21. The van der Waals surface area contributed by atoms with E-state index in [1.807, 2.05) is 41.3 Å². The lowest BCUT2D eigenvalue weighted by Crippen LogP contribution is -2.25. The summed E-state index contributed by atoms with van der Waals surface area (Å²) in [6.07, 6.45) is 1.27. The molecule has 3 rings (SSSR count). The zero-order valence-electron chi connectivity index (χ0n) is 14.9. The van der Waals surface area contributed by atoms with E-state index in [2.05, 4.69) is 28.7 Å². The number of aromatic nitrogens is 2. The lowest BCUT2D eigenvalue weighted by atomic mass is 10.0. The molecule has 0 saturated carbocycles. The highest BCUT2D eigenvalue weighted by Crippen LogP contribution is 2.27. The lowest BCUT2D eigenvalue weighted by molar-refractivity contribution is -0.117. The molecule has 2 N–H and O–H groups in total. The molecule has 1 saturated heterocycles. The first-order valence-electron chi connectivity index (χ1n) is 8.84. The molecule has 0 radical (unpaired) electrons. The molecule has 1 aromatic heterocycles. The number of benzene rings is 1. The second-order valence-corrected chi connectivity index (χ2v) is 6.36. The number of carbonyl (C=O) groups is 1. The van der Waals surface area contributed by atoms with Gasteiger partial charge < -0.3 is 15.5 Å². The maximum absolute atomic E-state index is 12.4. The van der Waals surface area contributed by atoms with Crippen LogP contribution in [0.5, 0.6) is 0 Å². The fraction of sp³-hybridized carbons (Fsp3) is 0.421. The number of nitrogens with two attached hydrogens (primary N) is 1. The van der Waals surface area contributed by atoms with Crippen molar-refractivity contribution in [3.8, 4) is 0 Å². The highest BCUT2D eigenvalue weighted by atomic mass is 16.2. The van der Waals surface area contributed by atoms with Gasteiger partial charge in [-0.25, -0.2) is 4.98 Å². The maximum atomic E-state index is 12.4. The number of hydrogen-bond acceptors (Lipinski definition) is 5. The molecule has 132 valence electrons. The van der Waals surface area contributed by atoms with Gasteiger partial charge in [0.25, 0.3) is 0 Å². The Bertz CT molecular complexity index is 730. The van der Waals surface area contributed by atoms with Gasteiger partial charge >= 0.3 is 0 Å². The summed E-state index contributed by atoms with van der Waals surface area (Å²) in [5.41, 5.74) is 7.76. The van der Waals surface area contributed by atoms with E-state index < -0.39 is 0 Å². The van der Waals surface area contributed by atoms with Crippen molar-refractivity contribution in [1.82, 2.24) is 9.97 Å². The Balaban J connectivity index is 1.74. The average Bonchev–Trinajstić information content (AvgIpc) is 2.96. The molecule has 0 aliphatic carbocycles. The number of rotatable bonds is 6. The molecule has 1 amide bonds. The molecule has 0 bridgehead atoms. The molecular formula is C19H25N5O. The van der Waals surface area contributed by atoms with Crippen LogP contribution in [0.15, 0.2) is 36.4 Å². The van der Waals surface area contributed by atoms with E-state index in [9.17, 15) is 4.79 Å². The maximum Gasteiger partial charge on any atom is 0.227 e. The van der Waals surface area contributed by atoms with Gasteiger partial charge in [-0.05, 0) is 38.3 Å². The molecule has 25 heavy (non-hydrogen) atoms. The van der Waals surface area contributed by atoms with Crippen molar-refractivity contribution in [3.05, 3.63) is 42.1 Å². The van der Waals surface area contributed by atoms with E-state index in [1.54, 1.807) is 0 Å². The van der Waals surface area contributed by atoms with E-state index in [1.165, 1.54) is 0 Å². The Morgan fingerprint density at radius 1 is 1.20 bits per heavy atom. The quantitative estimate of drug-likeness (QED) is 0.875. The summed E-state index contributed by atoms with van der Waals surface area (Å²) >= 11 is 0. The predicted octanol–water partition coefficient (Wildman–Crippen LogP) is 2.50. The van der Waals surface area contributed by atoms with Gasteiger partial charge in [-0.2, -0.15) is 4.98 Å². The standard InChI is InChI=1S/C19H25N5O/c1-3-23(4-2)17-12-15(21-19(20)22-17)10-14-11-18(25)24(13-14)16-8-6-5-7-9-16/h5-9,12,14H,3-4,10-11,13H2,1-2H3,(H2,20,21,22)/t14-/m1/s1. The van der Waals surface area contributed by atoms with E-state index in [0.29, 0.717) is 18.9 Å². The van der Waals surface area contributed by atoms with Gasteiger partial charge in [-0.15, -0.1) is 0 Å². The summed E-state index contributed by atoms with van der Waals surface area (Å²) in [6, 6.07) is 11.8. The Labute approximate surface area is 148 Å². The number of anilines is 3. The first kappa shape index (κ1) is 17.2. The Morgan fingerprint density at radius 3 is 2.60 bits per heavy atom. The van der Waals surface area contributed by atoms with E-state index in [-0.39, 0.29) is 11.8 Å². The SMILES string of the molecule is CCN(CC)c1cc(C[C@@H]2CC(=O)N(c3ccccc3)C2)nc(N)n1. The molecule has 6 heteroatoms. The van der Waals surface area contributed by atoms with Crippen molar-refractivity contribution in [3.63, 3.8) is 0 Å². The third-order valence-corrected chi connectivity index (χ3v) is 4.64. The number of nitrogens with zero attached hydrogens (tertiary/aromatic N) is 4. The van der Waals surface area contributed by atoms with Crippen LogP contribution < -0.4 is 15.5 Å². The third kappa shape index (κ3) is 3.90. The van der Waals surface area contributed by atoms with Gasteiger partial charge in [0.2, 0.25) is 11.9 Å². The Hall–Kier alpha value is -2.63. The van der Waals surface area contributed by atoms with E-state index in [4.69, 9.17) is 5.73 Å². The van der Waals surface area contributed by atoms with Crippen LogP contribution in [0.1, 0.15) is 26.0 Å². The fourth-order valence-corrected chi connectivity index (χ4v) is 3.39. The van der Waals surface area contributed by atoms with Crippen molar-refractivity contribution in [2.45, 2.75) is 26.7 Å². The molecule has 1 aliphatic rings. The topological polar surface area (TPSA) is 75.4 Å². The van der Waals surface area contributed by atoms with Gasteiger partial charge in [0.1, 0.15) is 5.82 Å². The van der Waals surface area contributed by atoms with Crippen LogP contribution in [0, 0.1) is 5.92 Å². The summed E-state index contributed by atoms with van der Waals surface area (Å²) in [6.45, 7) is 6.64. The number of para-hydroxylation sites is 1. The monoisotopic (exact) mass is 339 g/mol. The molecule has 6 nitrogen and oxygen atoms in total. The molecule has 1 atom stereocenters. The Kier molecular flexibility index (Phi) is 5.16. The average molecular weight is 339 g/mol. The van der Waals surface area contributed by atoms with E-state index in [0.717, 1.165) is 36.7 Å². The minimum atomic E-state index is 0.169. The molecule has 1 aliphatic heterocycles. The number of nitrogen functional groups attached to an aromatic ring is 1. The van der Waals surface area contributed by atoms with Gasteiger partial charge in [0.15, 0.2) is 0 Å². The van der Waals surface area contributed by atoms with Crippen molar-refractivity contribution < 1.29 is 4.79 Å². The molecule has 0 spiro atoms. The molecule has 1 aromatic carbocycles. The highest BCUT2D eigenvalue weighted by Gasteiger charge is 2.31. The van der Waals surface area contributed by atoms with Crippen molar-refractivity contribution in [1.29, 1.82) is 0 Å². The second kappa shape index (κ2) is 7.51. The molecule has 0 unspecified atom stereocenters. The smallest absolute Gasteiger partial charge is 0.227 e. The van der Waals surface area contributed by atoms with Gasteiger partial charge in [-0.3, -0.25) is 4.79 Å². The Morgan fingerprint density at radius 2 is 1.92 bits per heavy atom. The largest absolute Gasteiger partial charge is 0.368 e. The first-order chi connectivity index (χ1) is 12.1. The van der Waals surface area contributed by atoms with Crippen LogP contribution in [-0.2, 0) is 11.2 Å². The summed E-state index contributed by atoms with van der Waals surface area (Å²) in [5, 5.41) is 0. The van der Waals surface area contributed by atoms with Crippen LogP contribution in [0.4, 0.5) is 17.5 Å². The van der Waals surface area contributed by atoms with Gasteiger partial charge in [0, 0.05) is 43.5 Å². The molecular weight excluding hydrogens is 314 g/mol. The molecule has 2 heterocycles. The van der Waals surface area contributed by atoms with E-state index >= 15 is 0 Å². The predicted molar refractivity (Wildman–Crippen MR) is 101 cm³/mol. The van der Waals surface area contributed by atoms with Crippen LogP contribution in [0.3, 0.4) is 0 Å². The van der Waals surface area contributed by atoms with Gasteiger partial charge in [-0.1, -0.05) is 18.2 Å². The minimum absolute atomic E-state index is 0.169.